The van der Waals surface area contributed by atoms with E-state index in [0.29, 0.717) is 13.0 Å². The van der Waals surface area contributed by atoms with Crippen molar-refractivity contribution in [2.75, 3.05) is 20.8 Å². The summed E-state index contributed by atoms with van der Waals surface area (Å²) < 4.78 is 10.7. The number of fused-ring (bicyclic) bond motifs is 1. The first-order valence-corrected chi connectivity index (χ1v) is 8.29. The van der Waals surface area contributed by atoms with Gasteiger partial charge >= 0.3 is 0 Å². The molecule has 1 heterocycles. The minimum Gasteiger partial charge on any atom is -0.497 e. The number of benzene rings is 1. The van der Waals surface area contributed by atoms with Crippen molar-refractivity contribution in [3.05, 3.63) is 23.9 Å². The van der Waals surface area contributed by atoms with E-state index in [1.54, 1.807) is 14.2 Å². The lowest BCUT2D eigenvalue weighted by atomic mass is 10.2. The second-order valence-corrected chi connectivity index (χ2v) is 6.05. The predicted molar refractivity (Wildman–Crippen MR) is 95.6 cm³/mol. The molecule has 2 aromatic rings. The number of ether oxygens (including phenoxy) is 2. The number of carbonyl (C=O) groups is 1. The standard InChI is InChI=1S/C18H27N3O3/c1-12(19)6-7-18(22)20-8-4-5-13-9-15-16(21-13)10-14(23-2)11-17(15)24-3/h9-12,21H,4-8,19H2,1-3H3,(H,20,22). The number of aryl methyl sites for hydroxylation is 1. The van der Waals surface area contributed by atoms with Gasteiger partial charge in [-0.25, -0.2) is 0 Å². The van der Waals surface area contributed by atoms with Crippen LogP contribution in [-0.2, 0) is 11.2 Å². The van der Waals surface area contributed by atoms with Gasteiger partial charge in [0.05, 0.1) is 19.7 Å². The zero-order valence-corrected chi connectivity index (χ0v) is 14.6. The Morgan fingerprint density at radius 1 is 1.29 bits per heavy atom. The molecule has 6 heteroatoms. The molecule has 0 saturated carbocycles. The number of H-pyrrole nitrogens is 1. The first-order chi connectivity index (χ1) is 11.5. The normalized spacial score (nSPS) is 12.2. The molecule has 0 aliphatic carbocycles. The highest BCUT2D eigenvalue weighted by Gasteiger charge is 2.09. The van der Waals surface area contributed by atoms with E-state index in [1.807, 2.05) is 19.1 Å². The van der Waals surface area contributed by atoms with Crippen LogP contribution in [0.2, 0.25) is 0 Å². The van der Waals surface area contributed by atoms with Crippen molar-refractivity contribution in [3.8, 4) is 11.5 Å². The van der Waals surface area contributed by atoms with Crippen LogP contribution in [0.3, 0.4) is 0 Å². The highest BCUT2D eigenvalue weighted by molar-refractivity contribution is 5.88. The monoisotopic (exact) mass is 333 g/mol. The molecule has 0 bridgehead atoms. The van der Waals surface area contributed by atoms with Crippen molar-refractivity contribution in [2.45, 2.75) is 38.6 Å². The molecule has 6 nitrogen and oxygen atoms in total. The molecule has 0 spiro atoms. The molecule has 132 valence electrons. The number of amides is 1. The summed E-state index contributed by atoms with van der Waals surface area (Å²) in [4.78, 5) is 15.0. The molecular formula is C18H27N3O3. The molecule has 4 N–H and O–H groups in total. The van der Waals surface area contributed by atoms with E-state index in [2.05, 4.69) is 16.4 Å². The highest BCUT2D eigenvalue weighted by atomic mass is 16.5. The molecule has 1 atom stereocenters. The van der Waals surface area contributed by atoms with Gasteiger partial charge in [0.1, 0.15) is 11.5 Å². The summed E-state index contributed by atoms with van der Waals surface area (Å²) in [7, 11) is 3.29. The van der Waals surface area contributed by atoms with Crippen LogP contribution in [0.5, 0.6) is 11.5 Å². The predicted octanol–water partition coefficient (Wildman–Crippen LogP) is 2.36. The largest absolute Gasteiger partial charge is 0.497 e. The molecule has 0 radical (unpaired) electrons. The Labute approximate surface area is 142 Å². The number of nitrogens with two attached hydrogens (primary N) is 1. The molecule has 1 aromatic carbocycles. The summed E-state index contributed by atoms with van der Waals surface area (Å²) in [5, 5.41) is 3.97. The van der Waals surface area contributed by atoms with E-state index in [1.165, 1.54) is 0 Å². The maximum absolute atomic E-state index is 11.6. The fourth-order valence-corrected chi connectivity index (χ4v) is 2.61. The second-order valence-electron chi connectivity index (χ2n) is 6.05. The van der Waals surface area contributed by atoms with Crippen molar-refractivity contribution in [2.24, 2.45) is 5.73 Å². The number of methoxy groups -OCH3 is 2. The Balaban J connectivity index is 1.88. The molecule has 24 heavy (non-hydrogen) atoms. The quantitative estimate of drug-likeness (QED) is 0.615. The minimum absolute atomic E-state index is 0.0640. The number of hydrogen-bond acceptors (Lipinski definition) is 4. The Kier molecular flexibility index (Phi) is 6.49. The lowest BCUT2D eigenvalue weighted by Crippen LogP contribution is -2.26. The molecule has 0 aliphatic heterocycles. The van der Waals surface area contributed by atoms with Crippen LogP contribution in [0.25, 0.3) is 10.9 Å². The lowest BCUT2D eigenvalue weighted by molar-refractivity contribution is -0.121. The SMILES string of the molecule is COc1cc(OC)c2cc(CCCNC(=O)CCC(C)N)[nH]c2c1. The Bertz CT molecular complexity index is 679. The third-order valence-corrected chi connectivity index (χ3v) is 3.96. The number of nitrogens with one attached hydrogen (secondary N) is 2. The van der Waals surface area contributed by atoms with Crippen LogP contribution in [0.15, 0.2) is 18.2 Å². The number of aromatic amines is 1. The van der Waals surface area contributed by atoms with Crippen LogP contribution < -0.4 is 20.5 Å². The first kappa shape index (κ1) is 18.1. The molecule has 1 unspecified atom stereocenters. The van der Waals surface area contributed by atoms with Gasteiger partial charge in [-0.3, -0.25) is 4.79 Å². The third-order valence-electron chi connectivity index (χ3n) is 3.96. The molecule has 1 aromatic heterocycles. The van der Waals surface area contributed by atoms with Crippen molar-refractivity contribution < 1.29 is 14.3 Å². The smallest absolute Gasteiger partial charge is 0.220 e. The van der Waals surface area contributed by atoms with Crippen molar-refractivity contribution in [1.29, 1.82) is 0 Å². The van der Waals surface area contributed by atoms with E-state index in [-0.39, 0.29) is 11.9 Å². The molecular weight excluding hydrogens is 306 g/mol. The summed E-state index contributed by atoms with van der Waals surface area (Å²) in [6.07, 6.45) is 2.93. The number of aromatic nitrogens is 1. The van der Waals surface area contributed by atoms with E-state index >= 15 is 0 Å². The molecule has 0 fully saturated rings. The fourth-order valence-electron chi connectivity index (χ4n) is 2.61. The van der Waals surface area contributed by atoms with Gasteiger partial charge < -0.3 is 25.5 Å². The van der Waals surface area contributed by atoms with Gasteiger partial charge in [0.2, 0.25) is 5.91 Å². The topological polar surface area (TPSA) is 89.4 Å². The van der Waals surface area contributed by atoms with E-state index in [0.717, 1.165) is 47.4 Å². The second kappa shape index (κ2) is 8.59. The fraction of sp³-hybridized carbons (Fsp3) is 0.500. The summed E-state index contributed by atoms with van der Waals surface area (Å²) in [6, 6.07) is 5.98. The zero-order chi connectivity index (χ0) is 17.5. The lowest BCUT2D eigenvalue weighted by Gasteiger charge is -2.06. The Hall–Kier alpha value is -2.21. The van der Waals surface area contributed by atoms with E-state index < -0.39 is 0 Å². The summed E-state index contributed by atoms with van der Waals surface area (Å²) >= 11 is 0. The number of carbonyl (C=O) groups excluding carboxylic acids is 1. The van der Waals surface area contributed by atoms with Gasteiger partial charge in [-0.15, -0.1) is 0 Å². The molecule has 0 saturated heterocycles. The summed E-state index contributed by atoms with van der Waals surface area (Å²) in [5.74, 6) is 1.61. The summed E-state index contributed by atoms with van der Waals surface area (Å²) in [6.45, 7) is 2.57. The van der Waals surface area contributed by atoms with Crippen molar-refractivity contribution >= 4 is 16.8 Å². The van der Waals surface area contributed by atoms with Gasteiger partial charge in [-0.05, 0) is 32.3 Å². The Morgan fingerprint density at radius 2 is 2.08 bits per heavy atom. The van der Waals surface area contributed by atoms with Crippen molar-refractivity contribution in [1.82, 2.24) is 10.3 Å². The third kappa shape index (κ3) is 4.89. The molecule has 2 rings (SSSR count). The van der Waals surface area contributed by atoms with Crippen LogP contribution in [0.1, 0.15) is 31.9 Å². The number of hydrogen-bond donors (Lipinski definition) is 3. The van der Waals surface area contributed by atoms with Crippen LogP contribution >= 0.6 is 0 Å². The zero-order valence-electron chi connectivity index (χ0n) is 14.6. The highest BCUT2D eigenvalue weighted by Crippen LogP contribution is 2.31. The van der Waals surface area contributed by atoms with Gasteiger partial charge in [-0.2, -0.15) is 0 Å². The minimum atomic E-state index is 0.0640. The maximum Gasteiger partial charge on any atom is 0.220 e. The van der Waals surface area contributed by atoms with Crippen LogP contribution in [0, 0.1) is 0 Å². The van der Waals surface area contributed by atoms with Gasteiger partial charge in [0.15, 0.2) is 0 Å². The van der Waals surface area contributed by atoms with E-state index in [9.17, 15) is 4.79 Å². The summed E-state index contributed by atoms with van der Waals surface area (Å²) in [5.41, 5.74) is 7.75. The first-order valence-electron chi connectivity index (χ1n) is 8.29. The van der Waals surface area contributed by atoms with Crippen molar-refractivity contribution in [3.63, 3.8) is 0 Å². The Morgan fingerprint density at radius 3 is 2.75 bits per heavy atom. The van der Waals surface area contributed by atoms with Crippen LogP contribution in [0.4, 0.5) is 0 Å². The van der Waals surface area contributed by atoms with Gasteiger partial charge in [0.25, 0.3) is 0 Å². The molecule has 0 aliphatic rings. The average Bonchev–Trinajstić information content (AvgIpc) is 2.98. The number of rotatable bonds is 9. The van der Waals surface area contributed by atoms with Gasteiger partial charge in [-0.1, -0.05) is 0 Å². The van der Waals surface area contributed by atoms with Crippen LogP contribution in [-0.4, -0.2) is 37.7 Å². The molecule has 1 amide bonds. The van der Waals surface area contributed by atoms with Gasteiger partial charge in [0, 0.05) is 42.2 Å². The van der Waals surface area contributed by atoms with E-state index in [4.69, 9.17) is 15.2 Å². The average molecular weight is 333 g/mol. The maximum atomic E-state index is 11.6.